The summed E-state index contributed by atoms with van der Waals surface area (Å²) in [6.45, 7) is 4.31. The average molecular weight is 467 g/mol. The van der Waals surface area contributed by atoms with E-state index in [0.29, 0.717) is 17.8 Å². The van der Waals surface area contributed by atoms with Crippen LogP contribution in [0.4, 0.5) is 5.69 Å². The third kappa shape index (κ3) is 4.54. The zero-order valence-electron chi connectivity index (χ0n) is 18.2. The molecule has 5 nitrogen and oxygen atoms in total. The molecule has 1 aliphatic heterocycles. The highest BCUT2D eigenvalue weighted by atomic mass is 32.2. The summed E-state index contributed by atoms with van der Waals surface area (Å²) < 4.78 is 27.8. The van der Waals surface area contributed by atoms with E-state index in [9.17, 15) is 13.2 Å². The number of nitrogens with zero attached hydrogens (tertiary/aromatic N) is 1. The molecular weight excluding hydrogens is 440 g/mol. The molecule has 32 heavy (non-hydrogen) atoms. The number of amides is 1. The zero-order valence-corrected chi connectivity index (χ0v) is 19.8. The van der Waals surface area contributed by atoms with Gasteiger partial charge in [0.15, 0.2) is 0 Å². The Morgan fingerprint density at radius 1 is 0.969 bits per heavy atom. The van der Waals surface area contributed by atoms with Gasteiger partial charge in [0.1, 0.15) is 6.54 Å². The Morgan fingerprint density at radius 3 is 2.53 bits per heavy atom. The maximum atomic E-state index is 13.3. The molecule has 166 valence electrons. The van der Waals surface area contributed by atoms with Crippen LogP contribution in [0.3, 0.4) is 0 Å². The summed E-state index contributed by atoms with van der Waals surface area (Å²) in [5.41, 5.74) is 5.63. The molecular formula is C25H26N2O3S2. The molecule has 7 heteroatoms. The first-order valence-corrected chi connectivity index (χ1v) is 13.1. The van der Waals surface area contributed by atoms with Crippen molar-refractivity contribution in [3.63, 3.8) is 0 Å². The lowest BCUT2D eigenvalue weighted by Crippen LogP contribution is -2.43. The predicted molar refractivity (Wildman–Crippen MR) is 131 cm³/mol. The van der Waals surface area contributed by atoms with Crippen LogP contribution in [0.2, 0.25) is 0 Å². The molecule has 3 aromatic rings. The Balaban J connectivity index is 1.42. The van der Waals surface area contributed by atoms with Crippen molar-refractivity contribution in [1.82, 2.24) is 5.32 Å². The van der Waals surface area contributed by atoms with Gasteiger partial charge in [0, 0.05) is 29.2 Å². The molecule has 0 unspecified atom stereocenters. The highest BCUT2D eigenvalue weighted by Gasteiger charge is 2.35. The molecule has 0 saturated heterocycles. The number of aryl methyl sites for hydroxylation is 2. The number of fused-ring (bicyclic) bond motifs is 3. The highest BCUT2D eigenvalue weighted by Crippen LogP contribution is 2.43. The van der Waals surface area contributed by atoms with Crippen LogP contribution >= 0.6 is 11.8 Å². The van der Waals surface area contributed by atoms with E-state index in [-0.39, 0.29) is 17.3 Å². The summed E-state index contributed by atoms with van der Waals surface area (Å²) in [4.78, 5) is 12.9. The van der Waals surface area contributed by atoms with E-state index in [1.54, 1.807) is 30.0 Å². The average Bonchev–Trinajstić information content (AvgIpc) is 2.78. The van der Waals surface area contributed by atoms with Crippen LogP contribution in [-0.2, 0) is 20.6 Å². The molecule has 0 spiro atoms. The second-order valence-corrected chi connectivity index (χ2v) is 10.8. The van der Waals surface area contributed by atoms with Gasteiger partial charge in [-0.05, 0) is 43.2 Å². The second kappa shape index (κ2) is 9.38. The highest BCUT2D eigenvalue weighted by molar-refractivity contribution is 7.98. The van der Waals surface area contributed by atoms with Gasteiger partial charge in [0.05, 0.1) is 10.6 Å². The van der Waals surface area contributed by atoms with Crippen LogP contribution in [0.15, 0.2) is 71.6 Å². The van der Waals surface area contributed by atoms with Gasteiger partial charge < -0.3 is 5.32 Å². The molecule has 0 atom stereocenters. The number of hydrogen-bond acceptors (Lipinski definition) is 4. The molecule has 1 aliphatic rings. The van der Waals surface area contributed by atoms with Gasteiger partial charge in [-0.2, -0.15) is 11.8 Å². The van der Waals surface area contributed by atoms with Gasteiger partial charge in [-0.25, -0.2) is 8.42 Å². The van der Waals surface area contributed by atoms with E-state index in [1.165, 1.54) is 15.4 Å². The maximum Gasteiger partial charge on any atom is 0.265 e. The van der Waals surface area contributed by atoms with Gasteiger partial charge in [-0.3, -0.25) is 9.10 Å². The van der Waals surface area contributed by atoms with Crippen molar-refractivity contribution in [1.29, 1.82) is 0 Å². The van der Waals surface area contributed by atoms with Crippen molar-refractivity contribution < 1.29 is 13.2 Å². The molecule has 1 heterocycles. The third-order valence-corrected chi connectivity index (χ3v) is 8.37. The standard InChI is InChI=1S/C25H26N2O3S2/c1-18-11-12-23-22(15-18)21-9-5-6-10-24(21)32(29,30)27(23)16-25(28)26-13-14-31-17-20-8-4-3-7-19(20)2/h3-12,15H,13-14,16-17H2,1-2H3,(H,26,28). The molecule has 0 bridgehead atoms. The number of anilines is 1. The van der Waals surface area contributed by atoms with E-state index >= 15 is 0 Å². The largest absolute Gasteiger partial charge is 0.354 e. The molecule has 1 N–H and O–H groups in total. The quantitative estimate of drug-likeness (QED) is 0.520. The molecule has 1 amide bonds. The minimum atomic E-state index is -3.81. The van der Waals surface area contributed by atoms with Crippen molar-refractivity contribution in [3.8, 4) is 11.1 Å². The fourth-order valence-corrected chi connectivity index (χ4v) is 6.40. The minimum Gasteiger partial charge on any atom is -0.354 e. The maximum absolute atomic E-state index is 13.3. The van der Waals surface area contributed by atoms with Crippen molar-refractivity contribution >= 4 is 33.4 Å². The normalized spacial score (nSPS) is 13.9. The first-order valence-electron chi connectivity index (χ1n) is 10.5. The van der Waals surface area contributed by atoms with Gasteiger partial charge in [0.2, 0.25) is 5.91 Å². The smallest absolute Gasteiger partial charge is 0.265 e. The number of hydrogen-bond donors (Lipinski definition) is 1. The Bertz CT molecular complexity index is 1260. The van der Waals surface area contributed by atoms with E-state index in [1.807, 2.05) is 43.3 Å². The Morgan fingerprint density at radius 2 is 1.72 bits per heavy atom. The SMILES string of the molecule is Cc1ccc2c(c1)-c1ccccc1S(=O)(=O)N2CC(=O)NCCSCc1ccccc1C. The Kier molecular flexibility index (Phi) is 6.58. The van der Waals surface area contributed by atoms with Gasteiger partial charge in [-0.1, -0.05) is 54.1 Å². The molecule has 4 rings (SSSR count). The summed E-state index contributed by atoms with van der Waals surface area (Å²) in [5.74, 6) is 1.33. The summed E-state index contributed by atoms with van der Waals surface area (Å²) in [5, 5.41) is 2.87. The predicted octanol–water partition coefficient (Wildman–Crippen LogP) is 4.53. The fraction of sp³-hybridized carbons (Fsp3) is 0.240. The monoisotopic (exact) mass is 466 g/mol. The molecule has 0 aromatic heterocycles. The van der Waals surface area contributed by atoms with E-state index in [4.69, 9.17) is 0 Å². The van der Waals surface area contributed by atoms with Crippen LogP contribution in [0.5, 0.6) is 0 Å². The number of thioether (sulfide) groups is 1. The summed E-state index contributed by atoms with van der Waals surface area (Å²) in [6.07, 6.45) is 0. The van der Waals surface area contributed by atoms with E-state index in [0.717, 1.165) is 22.6 Å². The summed E-state index contributed by atoms with van der Waals surface area (Å²) in [7, 11) is -3.81. The number of carbonyl (C=O) groups is 1. The topological polar surface area (TPSA) is 66.5 Å². The van der Waals surface area contributed by atoms with Crippen LogP contribution in [0.25, 0.3) is 11.1 Å². The lowest BCUT2D eigenvalue weighted by molar-refractivity contribution is -0.119. The molecule has 0 saturated carbocycles. The first kappa shape index (κ1) is 22.4. The van der Waals surface area contributed by atoms with Crippen molar-refractivity contribution in [2.45, 2.75) is 24.5 Å². The van der Waals surface area contributed by atoms with E-state index < -0.39 is 10.0 Å². The van der Waals surface area contributed by atoms with Crippen LogP contribution < -0.4 is 9.62 Å². The van der Waals surface area contributed by atoms with E-state index in [2.05, 4.69) is 24.4 Å². The molecule has 0 radical (unpaired) electrons. The number of benzene rings is 3. The van der Waals surface area contributed by atoms with Crippen LogP contribution in [0.1, 0.15) is 16.7 Å². The fourth-order valence-electron chi connectivity index (χ4n) is 3.82. The lowest BCUT2D eigenvalue weighted by Gasteiger charge is -2.31. The molecule has 3 aromatic carbocycles. The van der Waals surface area contributed by atoms with Gasteiger partial charge in [-0.15, -0.1) is 0 Å². The van der Waals surface area contributed by atoms with Crippen LogP contribution in [-0.4, -0.2) is 33.2 Å². The molecule has 0 fully saturated rings. The molecule has 0 aliphatic carbocycles. The van der Waals surface area contributed by atoms with Gasteiger partial charge >= 0.3 is 0 Å². The minimum absolute atomic E-state index is 0.236. The van der Waals surface area contributed by atoms with Crippen molar-refractivity contribution in [3.05, 3.63) is 83.4 Å². The lowest BCUT2D eigenvalue weighted by atomic mass is 10.0. The summed E-state index contributed by atoms with van der Waals surface area (Å²) >= 11 is 1.74. The van der Waals surface area contributed by atoms with Crippen molar-refractivity contribution in [2.24, 2.45) is 0 Å². The third-order valence-electron chi connectivity index (χ3n) is 5.54. The van der Waals surface area contributed by atoms with Crippen molar-refractivity contribution in [2.75, 3.05) is 23.1 Å². The number of rotatable bonds is 7. The number of nitrogens with one attached hydrogen (secondary N) is 1. The second-order valence-electron chi connectivity index (χ2n) is 7.86. The first-order chi connectivity index (χ1) is 15.4. The Hall–Kier alpha value is -2.77. The summed E-state index contributed by atoms with van der Waals surface area (Å²) in [6, 6.07) is 20.8. The Labute approximate surface area is 193 Å². The number of carbonyl (C=O) groups excluding carboxylic acids is 1. The van der Waals surface area contributed by atoms with Gasteiger partial charge in [0.25, 0.3) is 10.0 Å². The van der Waals surface area contributed by atoms with Crippen LogP contribution in [0, 0.1) is 13.8 Å². The number of sulfonamides is 1. The zero-order chi connectivity index (χ0) is 22.7.